The Hall–Kier alpha value is -0.570. The van der Waals surface area contributed by atoms with E-state index in [2.05, 4.69) is 30.4 Å². The molecule has 1 aliphatic heterocycles. The number of rotatable bonds is 5. The van der Waals surface area contributed by atoms with Gasteiger partial charge in [-0.15, -0.1) is 0 Å². The van der Waals surface area contributed by atoms with Gasteiger partial charge in [0.2, 0.25) is 0 Å². The van der Waals surface area contributed by atoms with Gasteiger partial charge in [0.15, 0.2) is 0 Å². The Balaban J connectivity index is 2.17. The van der Waals surface area contributed by atoms with Crippen LogP contribution in [0.3, 0.4) is 0 Å². The molecular formula is C15H22ClNO. The lowest BCUT2D eigenvalue weighted by Gasteiger charge is -2.25. The molecule has 1 saturated heterocycles. The van der Waals surface area contributed by atoms with Crippen LogP contribution in [0.15, 0.2) is 18.2 Å². The van der Waals surface area contributed by atoms with E-state index in [9.17, 15) is 0 Å². The minimum atomic E-state index is 0.269. The highest BCUT2D eigenvalue weighted by atomic mass is 35.5. The summed E-state index contributed by atoms with van der Waals surface area (Å²) in [4.78, 5) is 0. The average Bonchev–Trinajstić information content (AvgIpc) is 2.88. The van der Waals surface area contributed by atoms with Crippen molar-refractivity contribution in [2.75, 3.05) is 13.2 Å². The zero-order valence-corrected chi connectivity index (χ0v) is 12.0. The maximum absolute atomic E-state index is 6.23. The Bertz CT molecular complexity index is 388. The number of hydrogen-bond donors (Lipinski definition) is 1. The molecule has 0 saturated carbocycles. The number of ether oxygens (including phenoxy) is 1. The summed E-state index contributed by atoms with van der Waals surface area (Å²) in [6, 6.07) is 6.60. The SMILES string of the molecule is CCCNC(c1ccc(C)c(Cl)c1)C1CCCO1. The van der Waals surface area contributed by atoms with Crippen molar-refractivity contribution in [1.29, 1.82) is 0 Å². The van der Waals surface area contributed by atoms with Gasteiger partial charge in [-0.2, -0.15) is 0 Å². The van der Waals surface area contributed by atoms with E-state index < -0.39 is 0 Å². The Labute approximate surface area is 115 Å². The smallest absolute Gasteiger partial charge is 0.0770 e. The molecule has 2 atom stereocenters. The molecule has 0 amide bonds. The summed E-state index contributed by atoms with van der Waals surface area (Å²) < 4.78 is 5.83. The van der Waals surface area contributed by atoms with E-state index in [0.717, 1.165) is 43.0 Å². The van der Waals surface area contributed by atoms with Crippen LogP contribution in [0.1, 0.15) is 43.4 Å². The van der Waals surface area contributed by atoms with Crippen molar-refractivity contribution in [3.05, 3.63) is 34.3 Å². The van der Waals surface area contributed by atoms with E-state index >= 15 is 0 Å². The van der Waals surface area contributed by atoms with Crippen molar-refractivity contribution >= 4 is 11.6 Å². The highest BCUT2D eigenvalue weighted by Gasteiger charge is 2.26. The van der Waals surface area contributed by atoms with E-state index in [-0.39, 0.29) is 12.1 Å². The Kier molecular flexibility index (Phi) is 5.04. The molecule has 1 fully saturated rings. The third-order valence-electron chi connectivity index (χ3n) is 3.51. The van der Waals surface area contributed by atoms with Crippen LogP contribution in [0.25, 0.3) is 0 Å². The zero-order chi connectivity index (χ0) is 13.0. The molecule has 3 heteroatoms. The second-order valence-corrected chi connectivity index (χ2v) is 5.40. The molecule has 1 N–H and O–H groups in total. The third-order valence-corrected chi connectivity index (χ3v) is 3.91. The van der Waals surface area contributed by atoms with Crippen molar-refractivity contribution < 1.29 is 4.74 Å². The summed E-state index contributed by atoms with van der Waals surface area (Å²) in [6.07, 6.45) is 3.71. The lowest BCUT2D eigenvalue weighted by molar-refractivity contribution is 0.0783. The maximum Gasteiger partial charge on any atom is 0.0770 e. The van der Waals surface area contributed by atoms with E-state index in [4.69, 9.17) is 16.3 Å². The molecule has 2 nitrogen and oxygen atoms in total. The fourth-order valence-electron chi connectivity index (χ4n) is 2.43. The first kappa shape index (κ1) is 13.9. The lowest BCUT2D eigenvalue weighted by atomic mass is 9.98. The Morgan fingerprint density at radius 3 is 2.94 bits per heavy atom. The molecular weight excluding hydrogens is 246 g/mol. The van der Waals surface area contributed by atoms with Crippen molar-refractivity contribution in [2.45, 2.75) is 45.3 Å². The number of aryl methyl sites for hydroxylation is 1. The molecule has 100 valence electrons. The van der Waals surface area contributed by atoms with E-state index in [0.29, 0.717) is 0 Å². The van der Waals surface area contributed by atoms with Crippen LogP contribution in [0.2, 0.25) is 5.02 Å². The number of hydrogen-bond acceptors (Lipinski definition) is 2. The highest BCUT2D eigenvalue weighted by Crippen LogP contribution is 2.29. The molecule has 0 spiro atoms. The molecule has 2 rings (SSSR count). The molecule has 1 aromatic carbocycles. The summed E-state index contributed by atoms with van der Waals surface area (Å²) in [6.45, 7) is 6.11. The van der Waals surface area contributed by atoms with Gasteiger partial charge in [0.1, 0.15) is 0 Å². The number of nitrogens with one attached hydrogen (secondary N) is 1. The quantitative estimate of drug-likeness (QED) is 0.875. The molecule has 0 aliphatic carbocycles. The minimum absolute atomic E-state index is 0.269. The van der Waals surface area contributed by atoms with Crippen LogP contribution < -0.4 is 5.32 Å². The molecule has 0 bridgehead atoms. The average molecular weight is 268 g/mol. The maximum atomic E-state index is 6.23. The van der Waals surface area contributed by atoms with E-state index in [1.54, 1.807) is 0 Å². The van der Waals surface area contributed by atoms with E-state index in [1.807, 2.05) is 6.92 Å². The van der Waals surface area contributed by atoms with Crippen LogP contribution in [0.5, 0.6) is 0 Å². The van der Waals surface area contributed by atoms with Gasteiger partial charge in [0.05, 0.1) is 12.1 Å². The first-order chi connectivity index (χ1) is 8.72. The van der Waals surface area contributed by atoms with Gasteiger partial charge in [0, 0.05) is 11.6 Å². The highest BCUT2D eigenvalue weighted by molar-refractivity contribution is 6.31. The molecule has 18 heavy (non-hydrogen) atoms. The predicted molar refractivity (Wildman–Crippen MR) is 76.2 cm³/mol. The first-order valence-electron chi connectivity index (χ1n) is 6.83. The second-order valence-electron chi connectivity index (χ2n) is 4.99. The second kappa shape index (κ2) is 6.55. The van der Waals surface area contributed by atoms with Crippen LogP contribution in [-0.4, -0.2) is 19.3 Å². The van der Waals surface area contributed by atoms with Crippen LogP contribution >= 0.6 is 11.6 Å². The van der Waals surface area contributed by atoms with Crippen LogP contribution in [0.4, 0.5) is 0 Å². The van der Waals surface area contributed by atoms with Crippen LogP contribution in [0, 0.1) is 6.92 Å². The molecule has 0 aromatic heterocycles. The topological polar surface area (TPSA) is 21.3 Å². The fourth-order valence-corrected chi connectivity index (χ4v) is 2.62. The van der Waals surface area contributed by atoms with Crippen LogP contribution in [-0.2, 0) is 4.74 Å². The van der Waals surface area contributed by atoms with Crippen molar-refractivity contribution in [2.24, 2.45) is 0 Å². The van der Waals surface area contributed by atoms with Crippen molar-refractivity contribution in [3.8, 4) is 0 Å². The third kappa shape index (κ3) is 3.25. The summed E-state index contributed by atoms with van der Waals surface area (Å²) in [7, 11) is 0. The number of benzene rings is 1. The molecule has 1 aromatic rings. The van der Waals surface area contributed by atoms with Gasteiger partial charge in [-0.05, 0) is 49.9 Å². The molecule has 1 heterocycles. The summed E-state index contributed by atoms with van der Waals surface area (Å²) in [5.41, 5.74) is 2.37. The van der Waals surface area contributed by atoms with Crippen molar-refractivity contribution in [3.63, 3.8) is 0 Å². The summed E-state index contributed by atoms with van der Waals surface area (Å²) in [5, 5.41) is 4.43. The normalized spacial score (nSPS) is 21.2. The summed E-state index contributed by atoms with van der Waals surface area (Å²) in [5.74, 6) is 0. The van der Waals surface area contributed by atoms with Gasteiger partial charge < -0.3 is 10.1 Å². The Morgan fingerprint density at radius 1 is 1.50 bits per heavy atom. The number of halogens is 1. The summed E-state index contributed by atoms with van der Waals surface area (Å²) >= 11 is 6.23. The first-order valence-corrected chi connectivity index (χ1v) is 7.21. The van der Waals surface area contributed by atoms with Crippen molar-refractivity contribution in [1.82, 2.24) is 5.32 Å². The standard InChI is InChI=1S/C15H22ClNO/c1-3-8-17-15(14-5-4-9-18-14)12-7-6-11(2)13(16)10-12/h6-7,10,14-15,17H,3-5,8-9H2,1-2H3. The van der Waals surface area contributed by atoms with Gasteiger partial charge in [-0.25, -0.2) is 0 Å². The van der Waals surface area contributed by atoms with Gasteiger partial charge >= 0.3 is 0 Å². The van der Waals surface area contributed by atoms with Gasteiger partial charge in [-0.3, -0.25) is 0 Å². The van der Waals surface area contributed by atoms with Gasteiger partial charge in [-0.1, -0.05) is 30.7 Å². The fraction of sp³-hybridized carbons (Fsp3) is 0.600. The van der Waals surface area contributed by atoms with Gasteiger partial charge in [0.25, 0.3) is 0 Å². The minimum Gasteiger partial charge on any atom is -0.376 e. The lowest BCUT2D eigenvalue weighted by Crippen LogP contribution is -2.32. The molecule has 1 aliphatic rings. The largest absolute Gasteiger partial charge is 0.376 e. The predicted octanol–water partition coefficient (Wildman–Crippen LogP) is 3.87. The zero-order valence-electron chi connectivity index (χ0n) is 11.2. The van der Waals surface area contributed by atoms with E-state index in [1.165, 1.54) is 5.56 Å². The molecule has 2 unspecified atom stereocenters. The molecule has 0 radical (unpaired) electrons. The Morgan fingerprint density at radius 2 is 2.33 bits per heavy atom. The monoisotopic (exact) mass is 267 g/mol.